The summed E-state index contributed by atoms with van der Waals surface area (Å²) >= 11 is 6.07. The van der Waals surface area contributed by atoms with E-state index >= 15 is 0 Å². The summed E-state index contributed by atoms with van der Waals surface area (Å²) in [5.74, 6) is 0.469. The van der Waals surface area contributed by atoms with E-state index in [9.17, 15) is 0 Å². The zero-order valence-corrected chi connectivity index (χ0v) is 8.96. The van der Waals surface area contributed by atoms with Crippen LogP contribution in [-0.2, 0) is 7.05 Å². The molecule has 4 nitrogen and oxygen atoms in total. The Balaban J connectivity index is 2.57. The number of hydrogen-bond donors (Lipinski definition) is 0. The highest BCUT2D eigenvalue weighted by Crippen LogP contribution is 2.28. The van der Waals surface area contributed by atoms with Gasteiger partial charge in [0.05, 0.1) is 16.4 Å². The molecule has 74 valence electrons. The molecule has 2 aromatic rings. The van der Waals surface area contributed by atoms with Crippen molar-refractivity contribution in [2.75, 3.05) is 0 Å². The van der Waals surface area contributed by atoms with E-state index in [1.807, 2.05) is 20.9 Å². The smallest absolute Gasteiger partial charge is 0.248 e. The molecule has 0 amide bonds. The molecule has 0 unspecified atom stereocenters. The minimum Gasteiger partial charge on any atom is -0.443 e. The van der Waals surface area contributed by atoms with Gasteiger partial charge in [-0.2, -0.15) is 5.10 Å². The van der Waals surface area contributed by atoms with E-state index in [-0.39, 0.29) is 0 Å². The van der Waals surface area contributed by atoms with Crippen molar-refractivity contribution in [2.24, 2.45) is 7.05 Å². The van der Waals surface area contributed by atoms with Crippen LogP contribution in [-0.4, -0.2) is 14.8 Å². The summed E-state index contributed by atoms with van der Waals surface area (Å²) in [6.07, 6.45) is 1.58. The molecule has 0 atom stereocenters. The van der Waals surface area contributed by atoms with Gasteiger partial charge in [0.2, 0.25) is 5.89 Å². The number of halogens is 1. The maximum Gasteiger partial charge on any atom is 0.248 e. The highest BCUT2D eigenvalue weighted by Gasteiger charge is 2.16. The summed E-state index contributed by atoms with van der Waals surface area (Å²) in [6, 6.07) is 0. The maximum atomic E-state index is 6.07. The second kappa shape index (κ2) is 3.13. The number of oxazole rings is 1. The van der Waals surface area contributed by atoms with E-state index in [2.05, 4.69) is 10.1 Å². The second-order valence-corrected chi connectivity index (χ2v) is 3.54. The molecular weight excluding hydrogens is 202 g/mol. The monoisotopic (exact) mass is 211 g/mol. The number of hydrogen-bond acceptors (Lipinski definition) is 3. The normalized spacial score (nSPS) is 10.9. The molecule has 0 aliphatic rings. The molecule has 0 radical (unpaired) electrons. The molecule has 2 rings (SSSR count). The maximum absolute atomic E-state index is 6.07. The van der Waals surface area contributed by atoms with E-state index in [0.717, 1.165) is 11.4 Å². The van der Waals surface area contributed by atoms with Crippen LogP contribution >= 0.6 is 11.6 Å². The van der Waals surface area contributed by atoms with E-state index in [1.165, 1.54) is 0 Å². The highest BCUT2D eigenvalue weighted by atomic mass is 35.5. The first-order valence-corrected chi connectivity index (χ1v) is 4.59. The van der Waals surface area contributed by atoms with Gasteiger partial charge in [-0.1, -0.05) is 11.6 Å². The molecule has 5 heteroatoms. The molecule has 0 saturated heterocycles. The average molecular weight is 212 g/mol. The molecular formula is C9H10ClN3O. The molecule has 0 aromatic carbocycles. The third-order valence-electron chi connectivity index (χ3n) is 2.08. The average Bonchev–Trinajstić information content (AvgIpc) is 2.66. The van der Waals surface area contributed by atoms with Crippen molar-refractivity contribution in [1.82, 2.24) is 14.8 Å². The van der Waals surface area contributed by atoms with E-state index in [4.69, 9.17) is 16.0 Å². The molecule has 0 N–H and O–H groups in total. The third-order valence-corrected chi connectivity index (χ3v) is 2.54. The van der Waals surface area contributed by atoms with Crippen LogP contribution in [0.4, 0.5) is 0 Å². The predicted octanol–water partition coefficient (Wildman–Crippen LogP) is 2.35. The Labute approximate surface area is 86.5 Å². The zero-order chi connectivity index (χ0) is 10.3. The van der Waals surface area contributed by atoms with Crippen LogP contribution in [0.1, 0.15) is 11.4 Å². The minimum absolute atomic E-state index is 0.469. The Kier molecular flexibility index (Phi) is 2.07. The Bertz CT molecular complexity index is 472. The van der Waals surface area contributed by atoms with Gasteiger partial charge in [-0.05, 0) is 13.8 Å². The Hall–Kier alpha value is -1.29. The van der Waals surface area contributed by atoms with Crippen molar-refractivity contribution in [3.63, 3.8) is 0 Å². The van der Waals surface area contributed by atoms with Crippen molar-refractivity contribution in [3.05, 3.63) is 22.7 Å². The highest BCUT2D eigenvalue weighted by molar-refractivity contribution is 6.33. The Morgan fingerprint density at radius 2 is 2.14 bits per heavy atom. The van der Waals surface area contributed by atoms with E-state index in [1.54, 1.807) is 10.9 Å². The first-order chi connectivity index (χ1) is 6.59. The fourth-order valence-corrected chi connectivity index (χ4v) is 1.42. The summed E-state index contributed by atoms with van der Waals surface area (Å²) in [6.45, 7) is 3.76. The Morgan fingerprint density at radius 3 is 2.57 bits per heavy atom. The van der Waals surface area contributed by atoms with Crippen molar-refractivity contribution in [1.29, 1.82) is 0 Å². The van der Waals surface area contributed by atoms with Crippen LogP contribution < -0.4 is 0 Å². The summed E-state index contributed by atoms with van der Waals surface area (Å²) < 4.78 is 6.93. The van der Waals surface area contributed by atoms with Crippen LogP contribution in [0, 0.1) is 13.8 Å². The quantitative estimate of drug-likeness (QED) is 0.727. The fraction of sp³-hybridized carbons (Fsp3) is 0.333. The first kappa shape index (κ1) is 9.27. The van der Waals surface area contributed by atoms with Crippen molar-refractivity contribution in [3.8, 4) is 11.6 Å². The predicted molar refractivity (Wildman–Crippen MR) is 53.2 cm³/mol. The number of nitrogens with zero attached hydrogens (tertiary/aromatic N) is 3. The minimum atomic E-state index is 0.469. The zero-order valence-electron chi connectivity index (χ0n) is 8.21. The Morgan fingerprint density at radius 1 is 1.43 bits per heavy atom. The number of aromatic nitrogens is 3. The molecule has 0 aliphatic carbocycles. The molecule has 0 aliphatic heterocycles. The van der Waals surface area contributed by atoms with Crippen LogP contribution in [0.2, 0.25) is 5.02 Å². The summed E-state index contributed by atoms with van der Waals surface area (Å²) in [4.78, 5) is 4.17. The molecule has 2 aromatic heterocycles. The van der Waals surface area contributed by atoms with E-state index < -0.39 is 0 Å². The van der Waals surface area contributed by atoms with Gasteiger partial charge in [0.1, 0.15) is 6.26 Å². The van der Waals surface area contributed by atoms with Gasteiger partial charge in [-0.3, -0.25) is 4.68 Å². The molecule has 0 saturated carbocycles. The second-order valence-electron chi connectivity index (χ2n) is 3.17. The van der Waals surface area contributed by atoms with Crippen LogP contribution in [0.25, 0.3) is 11.6 Å². The van der Waals surface area contributed by atoms with Crippen LogP contribution in [0.15, 0.2) is 10.7 Å². The van der Waals surface area contributed by atoms with Gasteiger partial charge < -0.3 is 4.42 Å². The van der Waals surface area contributed by atoms with Crippen molar-refractivity contribution >= 4 is 11.6 Å². The SMILES string of the molecule is Cc1coc(-c2nn(C)c(C)c2Cl)n1. The van der Waals surface area contributed by atoms with Crippen LogP contribution in [0.3, 0.4) is 0 Å². The lowest BCUT2D eigenvalue weighted by molar-refractivity contribution is 0.569. The molecule has 14 heavy (non-hydrogen) atoms. The lowest BCUT2D eigenvalue weighted by Crippen LogP contribution is -1.92. The lowest BCUT2D eigenvalue weighted by Gasteiger charge is -1.89. The van der Waals surface area contributed by atoms with Gasteiger partial charge in [0, 0.05) is 7.05 Å². The fourth-order valence-electron chi connectivity index (χ4n) is 1.18. The number of aryl methyl sites for hydroxylation is 2. The largest absolute Gasteiger partial charge is 0.443 e. The van der Waals surface area contributed by atoms with Crippen molar-refractivity contribution in [2.45, 2.75) is 13.8 Å². The molecule has 0 bridgehead atoms. The van der Waals surface area contributed by atoms with Crippen molar-refractivity contribution < 1.29 is 4.42 Å². The topological polar surface area (TPSA) is 43.9 Å². The standard InChI is InChI=1S/C9H10ClN3O/c1-5-4-14-9(11-5)8-7(10)6(2)13(3)12-8/h4H,1-3H3. The van der Waals surface area contributed by atoms with Gasteiger partial charge in [0.25, 0.3) is 0 Å². The third kappa shape index (κ3) is 1.32. The number of rotatable bonds is 1. The van der Waals surface area contributed by atoms with Gasteiger partial charge in [-0.25, -0.2) is 4.98 Å². The van der Waals surface area contributed by atoms with Gasteiger partial charge in [-0.15, -0.1) is 0 Å². The summed E-state index contributed by atoms with van der Waals surface area (Å²) in [7, 11) is 1.83. The van der Waals surface area contributed by atoms with Gasteiger partial charge >= 0.3 is 0 Å². The summed E-state index contributed by atoms with van der Waals surface area (Å²) in [5, 5.41) is 4.81. The summed E-state index contributed by atoms with van der Waals surface area (Å²) in [5.41, 5.74) is 2.32. The lowest BCUT2D eigenvalue weighted by atomic mass is 10.3. The first-order valence-electron chi connectivity index (χ1n) is 4.21. The molecule has 0 fully saturated rings. The molecule has 2 heterocycles. The van der Waals surface area contributed by atoms with Crippen LogP contribution in [0.5, 0.6) is 0 Å². The van der Waals surface area contributed by atoms with E-state index in [0.29, 0.717) is 16.6 Å². The molecule has 0 spiro atoms. The van der Waals surface area contributed by atoms with Gasteiger partial charge in [0.15, 0.2) is 5.69 Å².